The van der Waals surface area contributed by atoms with Crippen molar-refractivity contribution < 1.29 is 19.4 Å². The summed E-state index contributed by atoms with van der Waals surface area (Å²) in [4.78, 5) is 32.6. The van der Waals surface area contributed by atoms with Crippen LogP contribution in [0.15, 0.2) is 114 Å². The molecule has 1 heterocycles. The molecule has 1 aliphatic heterocycles. The van der Waals surface area contributed by atoms with Crippen molar-refractivity contribution in [3.05, 3.63) is 131 Å². The van der Waals surface area contributed by atoms with Gasteiger partial charge in [0.15, 0.2) is 17.3 Å². The number of amides is 1. The largest absolute Gasteiger partial charge is 0.504 e. The third-order valence-electron chi connectivity index (χ3n) is 5.82. The molecular weight excluding hydrogens is 452 g/mol. The van der Waals surface area contributed by atoms with Gasteiger partial charge in [0.2, 0.25) is 0 Å². The number of rotatable bonds is 6. The van der Waals surface area contributed by atoms with Gasteiger partial charge in [0.05, 0.1) is 12.8 Å². The van der Waals surface area contributed by atoms with Gasteiger partial charge in [-0.15, -0.1) is 0 Å². The van der Waals surface area contributed by atoms with Crippen molar-refractivity contribution in [1.29, 1.82) is 0 Å². The Morgan fingerprint density at radius 2 is 1.50 bits per heavy atom. The van der Waals surface area contributed by atoms with E-state index in [0.29, 0.717) is 34.0 Å². The lowest BCUT2D eigenvalue weighted by atomic mass is 10.0. The molecule has 1 aliphatic rings. The molecule has 1 amide bonds. The summed E-state index contributed by atoms with van der Waals surface area (Å²) in [6.45, 7) is 0. The summed E-state index contributed by atoms with van der Waals surface area (Å²) >= 11 is 0. The van der Waals surface area contributed by atoms with Crippen molar-refractivity contribution in [2.45, 2.75) is 0 Å². The van der Waals surface area contributed by atoms with Crippen molar-refractivity contribution in [2.75, 3.05) is 12.0 Å². The normalized spacial score (nSPS) is 14.1. The van der Waals surface area contributed by atoms with Crippen molar-refractivity contribution >= 4 is 29.3 Å². The van der Waals surface area contributed by atoms with Crippen LogP contribution < -0.4 is 9.64 Å². The van der Waals surface area contributed by atoms with E-state index in [1.807, 2.05) is 48.5 Å². The summed E-state index contributed by atoms with van der Waals surface area (Å²) in [7, 11) is 1.46. The van der Waals surface area contributed by atoms with Crippen molar-refractivity contribution in [3.8, 4) is 11.5 Å². The molecule has 6 nitrogen and oxygen atoms in total. The SMILES string of the molecule is COc1cc(/C=C2/N=C(c3ccccc3)N(c3ccc(C(=O)c4ccccc4)cc3)C2=O)ccc1O. The number of anilines is 1. The second kappa shape index (κ2) is 9.72. The van der Waals surface area contributed by atoms with E-state index in [2.05, 4.69) is 4.99 Å². The van der Waals surface area contributed by atoms with Crippen LogP contribution in [0.1, 0.15) is 27.0 Å². The number of benzene rings is 4. The Morgan fingerprint density at radius 1 is 0.861 bits per heavy atom. The van der Waals surface area contributed by atoms with Crippen LogP contribution in [-0.4, -0.2) is 29.7 Å². The zero-order chi connectivity index (χ0) is 25.1. The highest BCUT2D eigenvalue weighted by molar-refractivity contribution is 6.33. The average molecular weight is 475 g/mol. The Balaban J connectivity index is 1.52. The van der Waals surface area contributed by atoms with Gasteiger partial charge < -0.3 is 9.84 Å². The van der Waals surface area contributed by atoms with Crippen LogP contribution in [0.4, 0.5) is 5.69 Å². The molecule has 0 radical (unpaired) electrons. The van der Waals surface area contributed by atoms with Crippen LogP contribution in [0.3, 0.4) is 0 Å². The van der Waals surface area contributed by atoms with Crippen molar-refractivity contribution in [3.63, 3.8) is 0 Å². The van der Waals surface area contributed by atoms with E-state index in [4.69, 9.17) is 4.74 Å². The Labute approximate surface area is 208 Å². The van der Waals surface area contributed by atoms with Crippen LogP contribution in [0.5, 0.6) is 11.5 Å². The smallest absolute Gasteiger partial charge is 0.282 e. The summed E-state index contributed by atoms with van der Waals surface area (Å²) in [6, 6.07) is 30.3. The summed E-state index contributed by atoms with van der Waals surface area (Å²) < 4.78 is 5.18. The molecule has 0 unspecified atom stereocenters. The van der Waals surface area contributed by atoms with Gasteiger partial charge in [-0.3, -0.25) is 14.5 Å². The average Bonchev–Trinajstić information content (AvgIpc) is 3.26. The Bertz CT molecular complexity index is 1490. The molecule has 0 spiro atoms. The molecule has 0 aliphatic carbocycles. The van der Waals surface area contributed by atoms with E-state index >= 15 is 0 Å². The van der Waals surface area contributed by atoms with Gasteiger partial charge in [0.25, 0.3) is 5.91 Å². The highest BCUT2D eigenvalue weighted by Gasteiger charge is 2.32. The standard InChI is InChI=1S/C30H22N2O4/c1-36-27-19-20(12-17-26(27)33)18-25-30(35)32(29(31-25)23-10-6-3-7-11-23)24-15-13-22(14-16-24)28(34)21-8-4-2-5-9-21/h2-19,33H,1H3/b25-18+. The predicted molar refractivity (Wildman–Crippen MR) is 139 cm³/mol. The first-order valence-electron chi connectivity index (χ1n) is 11.3. The van der Waals surface area contributed by atoms with Crippen LogP contribution in [0, 0.1) is 0 Å². The van der Waals surface area contributed by atoms with E-state index in [0.717, 1.165) is 5.56 Å². The Morgan fingerprint density at radius 3 is 2.17 bits per heavy atom. The lowest BCUT2D eigenvalue weighted by molar-refractivity contribution is -0.113. The van der Waals surface area contributed by atoms with E-state index in [9.17, 15) is 14.7 Å². The fourth-order valence-electron chi connectivity index (χ4n) is 4.00. The molecule has 176 valence electrons. The second-order valence-electron chi connectivity index (χ2n) is 8.14. The number of carbonyl (C=O) groups is 2. The maximum Gasteiger partial charge on any atom is 0.282 e. The second-order valence-corrected chi connectivity index (χ2v) is 8.14. The van der Waals surface area contributed by atoms with Crippen LogP contribution in [0.25, 0.3) is 6.08 Å². The van der Waals surface area contributed by atoms with Gasteiger partial charge >= 0.3 is 0 Å². The topological polar surface area (TPSA) is 79.2 Å². The van der Waals surface area contributed by atoms with Crippen LogP contribution in [0.2, 0.25) is 0 Å². The minimum Gasteiger partial charge on any atom is -0.504 e. The molecule has 5 rings (SSSR count). The highest BCUT2D eigenvalue weighted by Crippen LogP contribution is 2.31. The number of methoxy groups -OCH3 is 1. The van der Waals surface area contributed by atoms with Gasteiger partial charge in [0.1, 0.15) is 11.5 Å². The van der Waals surface area contributed by atoms with Crippen LogP contribution in [-0.2, 0) is 4.79 Å². The molecule has 0 bridgehead atoms. The molecule has 0 aromatic heterocycles. The molecule has 0 fully saturated rings. The first-order valence-corrected chi connectivity index (χ1v) is 11.3. The molecule has 0 atom stereocenters. The fourth-order valence-corrected chi connectivity index (χ4v) is 4.00. The number of aromatic hydroxyl groups is 1. The number of phenolic OH excluding ortho intramolecular Hbond substituents is 1. The molecule has 4 aromatic rings. The molecule has 36 heavy (non-hydrogen) atoms. The number of nitrogens with zero attached hydrogens (tertiary/aromatic N) is 2. The molecule has 4 aromatic carbocycles. The lowest BCUT2D eigenvalue weighted by Gasteiger charge is -2.19. The number of carbonyl (C=O) groups excluding carboxylic acids is 2. The summed E-state index contributed by atoms with van der Waals surface area (Å²) in [5, 5.41) is 9.89. The first-order chi connectivity index (χ1) is 17.5. The quantitative estimate of drug-likeness (QED) is 0.297. The monoisotopic (exact) mass is 474 g/mol. The number of hydrogen-bond acceptors (Lipinski definition) is 5. The van der Waals surface area contributed by atoms with E-state index in [1.165, 1.54) is 18.1 Å². The fraction of sp³-hybridized carbons (Fsp3) is 0.0333. The van der Waals surface area contributed by atoms with Crippen molar-refractivity contribution in [2.24, 2.45) is 4.99 Å². The van der Waals surface area contributed by atoms with E-state index in [-0.39, 0.29) is 23.1 Å². The number of amidine groups is 1. The number of hydrogen-bond donors (Lipinski definition) is 1. The highest BCUT2D eigenvalue weighted by atomic mass is 16.5. The van der Waals surface area contributed by atoms with Gasteiger partial charge in [-0.05, 0) is 48.0 Å². The number of ether oxygens (including phenoxy) is 1. The third kappa shape index (κ3) is 4.40. The molecule has 6 heteroatoms. The van der Waals surface area contributed by atoms with Gasteiger partial charge in [0, 0.05) is 16.7 Å². The minimum atomic E-state index is -0.303. The summed E-state index contributed by atoms with van der Waals surface area (Å²) in [5.41, 5.74) is 3.41. The Hall–Kier alpha value is -4.97. The van der Waals surface area contributed by atoms with Gasteiger partial charge in [-0.1, -0.05) is 66.7 Å². The zero-order valence-electron chi connectivity index (χ0n) is 19.5. The number of phenols is 1. The maximum absolute atomic E-state index is 13.6. The molecule has 0 saturated heterocycles. The van der Waals surface area contributed by atoms with Crippen LogP contribution >= 0.6 is 0 Å². The molecular formula is C30H22N2O4. The lowest BCUT2D eigenvalue weighted by Crippen LogP contribution is -2.32. The predicted octanol–water partition coefficient (Wildman–Crippen LogP) is 5.47. The minimum absolute atomic E-state index is 0.0117. The van der Waals surface area contributed by atoms with Gasteiger partial charge in [-0.2, -0.15) is 0 Å². The van der Waals surface area contributed by atoms with Crippen molar-refractivity contribution in [1.82, 2.24) is 0 Å². The van der Waals surface area contributed by atoms with E-state index < -0.39 is 0 Å². The Kier molecular flexibility index (Phi) is 6.16. The molecule has 1 N–H and O–H groups in total. The zero-order valence-corrected chi connectivity index (χ0v) is 19.5. The third-order valence-corrected chi connectivity index (χ3v) is 5.82. The first kappa shape index (κ1) is 22.8. The summed E-state index contributed by atoms with van der Waals surface area (Å²) in [6.07, 6.45) is 1.65. The number of aliphatic imine (C=N–C) groups is 1. The maximum atomic E-state index is 13.6. The van der Waals surface area contributed by atoms with Gasteiger partial charge in [-0.25, -0.2) is 4.99 Å². The van der Waals surface area contributed by atoms with E-state index in [1.54, 1.807) is 54.6 Å². The number of ketones is 1. The molecule has 0 saturated carbocycles. The summed E-state index contributed by atoms with van der Waals surface area (Å²) in [5.74, 6) is 0.409.